The van der Waals surface area contributed by atoms with E-state index in [4.69, 9.17) is 16.3 Å². The molecule has 0 aromatic heterocycles. The standard InChI is InChI=1S/C28H32ClN3O5/c1-17-8-7-11-19(29)23(17)31-26(35)24-28-13-12-20(37-28)21(22(28)27(36)32(24)14-5-6-15-33)25(34)30-16-18-9-3-2-4-10-18/h2-4,7-11,20-22,24,33H,5-6,12-16H2,1H3,(H,30,34)(H,31,35)/t20-,21+,22-,24?,28?/m0/s1. The van der Waals surface area contributed by atoms with Gasteiger partial charge in [-0.05, 0) is 49.8 Å². The topological polar surface area (TPSA) is 108 Å². The van der Waals surface area contributed by atoms with Gasteiger partial charge in [-0.25, -0.2) is 0 Å². The summed E-state index contributed by atoms with van der Waals surface area (Å²) < 4.78 is 6.44. The van der Waals surface area contributed by atoms with Gasteiger partial charge >= 0.3 is 0 Å². The number of benzene rings is 2. The Morgan fingerprint density at radius 2 is 1.92 bits per heavy atom. The number of aliphatic hydroxyl groups excluding tert-OH is 1. The van der Waals surface area contributed by atoms with E-state index in [2.05, 4.69) is 10.6 Å². The number of nitrogens with one attached hydrogen (secondary N) is 2. The lowest BCUT2D eigenvalue weighted by atomic mass is 9.70. The highest BCUT2D eigenvalue weighted by molar-refractivity contribution is 6.34. The Bertz CT molecular complexity index is 1170. The Morgan fingerprint density at radius 3 is 2.65 bits per heavy atom. The van der Waals surface area contributed by atoms with E-state index in [1.165, 1.54) is 0 Å². The van der Waals surface area contributed by atoms with E-state index >= 15 is 0 Å². The van der Waals surface area contributed by atoms with Crippen LogP contribution < -0.4 is 10.6 Å². The van der Waals surface area contributed by atoms with Crippen LogP contribution in [0.2, 0.25) is 5.02 Å². The molecule has 196 valence electrons. The van der Waals surface area contributed by atoms with E-state index in [-0.39, 0.29) is 24.3 Å². The van der Waals surface area contributed by atoms with E-state index in [9.17, 15) is 19.5 Å². The van der Waals surface area contributed by atoms with Gasteiger partial charge in [0, 0.05) is 19.7 Å². The second-order valence-electron chi connectivity index (χ2n) is 10.1. The van der Waals surface area contributed by atoms with Crippen molar-refractivity contribution in [1.82, 2.24) is 10.2 Å². The summed E-state index contributed by atoms with van der Waals surface area (Å²) in [5.74, 6) is -2.24. The number of aliphatic hydroxyl groups is 1. The normalized spacial score (nSPS) is 27.9. The van der Waals surface area contributed by atoms with Crippen LogP contribution in [-0.2, 0) is 25.7 Å². The first-order valence-corrected chi connectivity index (χ1v) is 13.2. The first kappa shape index (κ1) is 25.7. The number of ether oxygens (including phenoxy) is 1. The number of fused-ring (bicyclic) bond motifs is 1. The Balaban J connectivity index is 1.43. The number of aryl methyl sites for hydroxylation is 1. The minimum Gasteiger partial charge on any atom is -0.396 e. The zero-order valence-electron chi connectivity index (χ0n) is 20.8. The van der Waals surface area contributed by atoms with Gasteiger partial charge in [0.1, 0.15) is 11.6 Å². The van der Waals surface area contributed by atoms with Gasteiger partial charge in [-0.1, -0.05) is 54.1 Å². The maximum Gasteiger partial charge on any atom is 0.250 e. The first-order valence-electron chi connectivity index (χ1n) is 12.8. The van der Waals surface area contributed by atoms with Gasteiger partial charge in [-0.15, -0.1) is 0 Å². The summed E-state index contributed by atoms with van der Waals surface area (Å²) in [6, 6.07) is 14.1. The van der Waals surface area contributed by atoms with Crippen LogP contribution in [0.15, 0.2) is 48.5 Å². The summed E-state index contributed by atoms with van der Waals surface area (Å²) in [5, 5.41) is 15.6. The number of hydrogen-bond acceptors (Lipinski definition) is 5. The van der Waals surface area contributed by atoms with Crippen LogP contribution >= 0.6 is 11.6 Å². The number of hydrogen-bond donors (Lipinski definition) is 3. The zero-order chi connectivity index (χ0) is 26.2. The van der Waals surface area contributed by atoms with Crippen LogP contribution in [0.5, 0.6) is 0 Å². The minimum absolute atomic E-state index is 0.00459. The fourth-order valence-electron chi connectivity index (χ4n) is 6.27. The molecule has 0 aliphatic carbocycles. The average Bonchev–Trinajstić information content (AvgIpc) is 3.53. The molecule has 0 radical (unpaired) electrons. The number of unbranched alkanes of at least 4 members (excludes halogenated alkanes) is 1. The van der Waals surface area contributed by atoms with Crippen molar-refractivity contribution in [2.45, 2.75) is 56.9 Å². The van der Waals surface area contributed by atoms with Gasteiger partial charge in [0.15, 0.2) is 0 Å². The van der Waals surface area contributed by atoms with Crippen LogP contribution in [0.3, 0.4) is 0 Å². The molecular weight excluding hydrogens is 494 g/mol. The molecule has 2 unspecified atom stereocenters. The molecule has 0 saturated carbocycles. The van der Waals surface area contributed by atoms with Crippen molar-refractivity contribution in [3.8, 4) is 0 Å². The highest BCUT2D eigenvalue weighted by Gasteiger charge is 2.74. The molecule has 2 bridgehead atoms. The van der Waals surface area contributed by atoms with E-state index in [0.29, 0.717) is 49.5 Å². The molecule has 2 aromatic rings. The number of rotatable bonds is 9. The summed E-state index contributed by atoms with van der Waals surface area (Å²) in [5.41, 5.74) is 1.20. The molecule has 5 rings (SSSR count). The van der Waals surface area contributed by atoms with Gasteiger partial charge < -0.3 is 25.4 Å². The molecule has 3 N–H and O–H groups in total. The summed E-state index contributed by atoms with van der Waals surface area (Å²) >= 11 is 6.38. The zero-order valence-corrected chi connectivity index (χ0v) is 21.5. The second kappa shape index (κ2) is 10.4. The number of likely N-dealkylation sites (tertiary alicyclic amines) is 1. The monoisotopic (exact) mass is 525 g/mol. The largest absolute Gasteiger partial charge is 0.396 e. The molecule has 5 atom stereocenters. The predicted molar refractivity (Wildman–Crippen MR) is 139 cm³/mol. The molecule has 3 aliphatic heterocycles. The average molecular weight is 526 g/mol. The van der Waals surface area contributed by atoms with Crippen LogP contribution in [0.1, 0.15) is 36.8 Å². The lowest BCUT2D eigenvalue weighted by Crippen LogP contribution is -2.53. The molecule has 9 heteroatoms. The Hall–Kier alpha value is -2.94. The number of nitrogens with zero attached hydrogens (tertiary/aromatic N) is 1. The molecule has 2 aromatic carbocycles. The van der Waals surface area contributed by atoms with Crippen LogP contribution in [0.4, 0.5) is 5.69 Å². The third-order valence-corrected chi connectivity index (χ3v) is 8.25. The summed E-state index contributed by atoms with van der Waals surface area (Å²) in [6.45, 7) is 2.50. The smallest absolute Gasteiger partial charge is 0.250 e. The molecule has 8 nitrogen and oxygen atoms in total. The number of halogens is 1. The van der Waals surface area contributed by atoms with Gasteiger partial charge in [-0.3, -0.25) is 14.4 Å². The third-order valence-electron chi connectivity index (χ3n) is 7.94. The SMILES string of the molecule is Cc1cccc(Cl)c1NC(=O)C1N(CCCCO)C(=O)[C@@H]2[C@H](C(=O)NCc3ccccc3)[C@@H]3CCC12O3. The number of amides is 3. The second-order valence-corrected chi connectivity index (χ2v) is 10.5. The fourth-order valence-corrected chi connectivity index (χ4v) is 6.54. The molecule has 1 spiro atoms. The fraction of sp³-hybridized carbons (Fsp3) is 0.464. The van der Waals surface area contributed by atoms with Crippen LogP contribution in [0, 0.1) is 18.8 Å². The van der Waals surface area contributed by atoms with Crippen molar-refractivity contribution in [1.29, 1.82) is 0 Å². The quantitative estimate of drug-likeness (QED) is 0.436. The molecule has 3 fully saturated rings. The van der Waals surface area contributed by atoms with Gasteiger partial charge in [0.25, 0.3) is 0 Å². The van der Waals surface area contributed by atoms with Crippen molar-refractivity contribution < 1.29 is 24.2 Å². The molecule has 3 saturated heterocycles. The number of anilines is 1. The Kier molecular flexibility index (Phi) is 7.25. The van der Waals surface area contributed by atoms with Crippen molar-refractivity contribution >= 4 is 35.0 Å². The van der Waals surface area contributed by atoms with E-state index < -0.39 is 29.6 Å². The van der Waals surface area contributed by atoms with Crippen molar-refractivity contribution in [3.05, 3.63) is 64.7 Å². The lowest BCUT2D eigenvalue weighted by molar-refractivity contribution is -0.141. The van der Waals surface area contributed by atoms with E-state index in [1.807, 2.05) is 49.4 Å². The Labute approximate surface area is 221 Å². The lowest BCUT2D eigenvalue weighted by Gasteiger charge is -2.33. The number of carbonyl (C=O) groups is 3. The maximum absolute atomic E-state index is 13.9. The summed E-state index contributed by atoms with van der Waals surface area (Å²) in [4.78, 5) is 42.6. The molecular formula is C28H32ClN3O5. The van der Waals surface area contributed by atoms with Gasteiger partial charge in [0.05, 0.1) is 28.6 Å². The number of carbonyl (C=O) groups excluding carboxylic acids is 3. The molecule has 37 heavy (non-hydrogen) atoms. The molecule has 3 heterocycles. The van der Waals surface area contributed by atoms with Crippen molar-refractivity contribution in [3.63, 3.8) is 0 Å². The summed E-state index contributed by atoms with van der Waals surface area (Å²) in [7, 11) is 0. The highest BCUT2D eigenvalue weighted by Crippen LogP contribution is 2.58. The van der Waals surface area contributed by atoms with E-state index in [1.54, 1.807) is 11.0 Å². The molecule has 3 amide bonds. The van der Waals surface area contributed by atoms with Crippen LogP contribution in [0.25, 0.3) is 0 Å². The summed E-state index contributed by atoms with van der Waals surface area (Å²) in [6.07, 6.45) is 1.75. The van der Waals surface area contributed by atoms with Crippen LogP contribution in [-0.4, -0.2) is 58.6 Å². The number of para-hydroxylation sites is 1. The third kappa shape index (κ3) is 4.51. The van der Waals surface area contributed by atoms with Crippen molar-refractivity contribution in [2.24, 2.45) is 11.8 Å². The van der Waals surface area contributed by atoms with Gasteiger partial charge in [-0.2, -0.15) is 0 Å². The predicted octanol–water partition coefficient (Wildman–Crippen LogP) is 3.05. The van der Waals surface area contributed by atoms with Gasteiger partial charge in [0.2, 0.25) is 17.7 Å². The minimum atomic E-state index is -1.07. The molecule has 3 aliphatic rings. The highest BCUT2D eigenvalue weighted by atomic mass is 35.5. The van der Waals surface area contributed by atoms with E-state index in [0.717, 1.165) is 11.1 Å². The van der Waals surface area contributed by atoms with Crippen molar-refractivity contribution in [2.75, 3.05) is 18.5 Å². The Morgan fingerprint density at radius 1 is 1.14 bits per heavy atom. The first-order chi connectivity index (χ1) is 17.9. The maximum atomic E-state index is 13.9.